The third kappa shape index (κ3) is 3.75. The van der Waals surface area contributed by atoms with Crippen molar-refractivity contribution in [1.29, 1.82) is 0 Å². The van der Waals surface area contributed by atoms with E-state index in [9.17, 15) is 23.5 Å². The largest absolute Gasteiger partial charge is 0.479 e. The number of carbonyl (C=O) groups is 2. The molecule has 1 fully saturated rings. The quantitative estimate of drug-likeness (QED) is 0.892. The third-order valence-electron chi connectivity index (χ3n) is 4.50. The fraction of sp³-hybridized carbons (Fsp3) is 0.556. The number of carboxylic acid groups (broad SMARTS) is 1. The van der Waals surface area contributed by atoms with Gasteiger partial charge in [-0.25, -0.2) is 18.4 Å². The summed E-state index contributed by atoms with van der Waals surface area (Å²) in [5, 5.41) is 9.76. The first-order valence-electron chi connectivity index (χ1n) is 8.19. The number of nitrogens with zero attached hydrogens (tertiary/aromatic N) is 1. The number of ether oxygens (including phenoxy) is 1. The first-order valence-corrected chi connectivity index (χ1v) is 8.19. The van der Waals surface area contributed by atoms with Crippen LogP contribution in [-0.2, 0) is 9.53 Å². The fourth-order valence-electron chi connectivity index (χ4n) is 3.27. The standard InChI is InChI=1S/C18H23F2NO4/c1-5-18(15(22)23)9-11(13-7-6-12(19)8-14(13)20)10-21(18)16(24)25-17(2,3)4/h6-8,11H,5,9-10H2,1-4H3,(H,22,23). The summed E-state index contributed by atoms with van der Waals surface area (Å²) in [6.45, 7) is 6.72. The van der Waals surface area contributed by atoms with Crippen LogP contribution in [-0.4, -0.2) is 39.8 Å². The Morgan fingerprint density at radius 2 is 2.00 bits per heavy atom. The molecule has 1 saturated heterocycles. The van der Waals surface area contributed by atoms with E-state index in [0.717, 1.165) is 17.0 Å². The molecule has 0 aliphatic carbocycles. The van der Waals surface area contributed by atoms with Gasteiger partial charge in [0.1, 0.15) is 22.8 Å². The van der Waals surface area contributed by atoms with Gasteiger partial charge in [-0.15, -0.1) is 0 Å². The van der Waals surface area contributed by atoms with Gasteiger partial charge in [0.25, 0.3) is 0 Å². The Morgan fingerprint density at radius 3 is 2.48 bits per heavy atom. The Labute approximate surface area is 145 Å². The lowest BCUT2D eigenvalue weighted by atomic mass is 9.86. The van der Waals surface area contributed by atoms with Crippen LogP contribution in [0.25, 0.3) is 0 Å². The predicted octanol–water partition coefficient (Wildman–Crippen LogP) is 3.92. The molecule has 0 spiro atoms. The fourth-order valence-corrected chi connectivity index (χ4v) is 3.27. The minimum absolute atomic E-state index is 0.00238. The molecule has 138 valence electrons. The smallest absolute Gasteiger partial charge is 0.411 e. The Hall–Kier alpha value is -2.18. The summed E-state index contributed by atoms with van der Waals surface area (Å²) in [6.07, 6.45) is -0.552. The molecular formula is C18H23F2NO4. The lowest BCUT2D eigenvalue weighted by molar-refractivity contribution is -0.149. The second-order valence-electron chi connectivity index (χ2n) is 7.35. The van der Waals surface area contributed by atoms with Crippen LogP contribution in [0.15, 0.2) is 18.2 Å². The number of halogens is 2. The van der Waals surface area contributed by atoms with Crippen molar-refractivity contribution in [1.82, 2.24) is 4.90 Å². The highest BCUT2D eigenvalue weighted by molar-refractivity contribution is 5.85. The molecule has 0 radical (unpaired) electrons. The molecule has 1 heterocycles. The molecule has 2 unspecified atom stereocenters. The summed E-state index contributed by atoms with van der Waals surface area (Å²) in [4.78, 5) is 25.7. The number of carbonyl (C=O) groups excluding carboxylic acids is 1. The first kappa shape index (κ1) is 19.1. The molecule has 7 heteroatoms. The van der Waals surface area contributed by atoms with E-state index in [-0.39, 0.29) is 24.9 Å². The van der Waals surface area contributed by atoms with Gasteiger partial charge in [0.05, 0.1) is 0 Å². The van der Waals surface area contributed by atoms with Crippen LogP contribution in [0.4, 0.5) is 13.6 Å². The topological polar surface area (TPSA) is 66.8 Å². The molecular weight excluding hydrogens is 332 g/mol. The van der Waals surface area contributed by atoms with Crippen molar-refractivity contribution in [3.8, 4) is 0 Å². The van der Waals surface area contributed by atoms with Crippen LogP contribution in [0.2, 0.25) is 0 Å². The van der Waals surface area contributed by atoms with Crippen molar-refractivity contribution in [2.75, 3.05) is 6.54 Å². The summed E-state index contributed by atoms with van der Waals surface area (Å²) in [5.41, 5.74) is -2.06. The number of benzene rings is 1. The van der Waals surface area contributed by atoms with Crippen molar-refractivity contribution in [2.45, 2.75) is 57.6 Å². The van der Waals surface area contributed by atoms with Crippen LogP contribution in [0.1, 0.15) is 52.0 Å². The highest BCUT2D eigenvalue weighted by Gasteiger charge is 2.54. The molecule has 1 aromatic rings. The van der Waals surface area contributed by atoms with Gasteiger partial charge >= 0.3 is 12.1 Å². The van der Waals surface area contributed by atoms with Crippen LogP contribution < -0.4 is 0 Å². The van der Waals surface area contributed by atoms with Gasteiger partial charge in [-0.05, 0) is 45.2 Å². The monoisotopic (exact) mass is 355 g/mol. The molecule has 1 aliphatic rings. The van der Waals surface area contributed by atoms with Crippen LogP contribution in [0.3, 0.4) is 0 Å². The van der Waals surface area contributed by atoms with Crippen molar-refractivity contribution in [3.05, 3.63) is 35.4 Å². The minimum atomic E-state index is -1.48. The average Bonchev–Trinajstić information content (AvgIpc) is 2.86. The highest BCUT2D eigenvalue weighted by Crippen LogP contribution is 2.42. The maximum absolute atomic E-state index is 14.1. The van der Waals surface area contributed by atoms with E-state index in [1.807, 2.05) is 0 Å². The number of likely N-dealkylation sites (tertiary alicyclic amines) is 1. The number of aliphatic carboxylic acids is 1. The van der Waals surface area contributed by atoms with E-state index >= 15 is 0 Å². The highest BCUT2D eigenvalue weighted by atomic mass is 19.1. The van der Waals surface area contributed by atoms with Crippen LogP contribution in [0, 0.1) is 11.6 Å². The maximum atomic E-state index is 14.1. The van der Waals surface area contributed by atoms with Crippen molar-refractivity contribution in [2.24, 2.45) is 0 Å². The van der Waals surface area contributed by atoms with Crippen LogP contribution in [0.5, 0.6) is 0 Å². The van der Waals surface area contributed by atoms with E-state index in [2.05, 4.69) is 0 Å². The molecule has 1 aromatic carbocycles. The summed E-state index contributed by atoms with van der Waals surface area (Å²) >= 11 is 0. The van der Waals surface area contributed by atoms with Crippen molar-refractivity contribution in [3.63, 3.8) is 0 Å². The van der Waals surface area contributed by atoms with Gasteiger partial charge in [0.2, 0.25) is 0 Å². The average molecular weight is 355 g/mol. The van der Waals surface area contributed by atoms with E-state index in [1.165, 1.54) is 6.07 Å². The second kappa shape index (κ2) is 6.61. The summed E-state index contributed by atoms with van der Waals surface area (Å²) in [7, 11) is 0. The minimum Gasteiger partial charge on any atom is -0.479 e. The van der Waals surface area contributed by atoms with Crippen molar-refractivity contribution >= 4 is 12.1 Å². The molecule has 1 amide bonds. The van der Waals surface area contributed by atoms with E-state index in [0.29, 0.717) is 0 Å². The Balaban J connectivity index is 2.40. The number of rotatable bonds is 3. The molecule has 2 atom stereocenters. The van der Waals surface area contributed by atoms with Gasteiger partial charge in [-0.3, -0.25) is 4.90 Å². The second-order valence-corrected chi connectivity index (χ2v) is 7.35. The van der Waals surface area contributed by atoms with Crippen molar-refractivity contribution < 1.29 is 28.2 Å². The third-order valence-corrected chi connectivity index (χ3v) is 4.50. The van der Waals surface area contributed by atoms with E-state index in [1.54, 1.807) is 27.7 Å². The number of carboxylic acids is 1. The van der Waals surface area contributed by atoms with Gasteiger partial charge in [0.15, 0.2) is 0 Å². The van der Waals surface area contributed by atoms with Gasteiger partial charge in [-0.2, -0.15) is 0 Å². The van der Waals surface area contributed by atoms with E-state index in [4.69, 9.17) is 4.74 Å². The molecule has 25 heavy (non-hydrogen) atoms. The molecule has 2 rings (SSSR count). The maximum Gasteiger partial charge on any atom is 0.411 e. The zero-order valence-electron chi connectivity index (χ0n) is 14.8. The summed E-state index contributed by atoms with van der Waals surface area (Å²) in [6, 6.07) is 3.19. The lowest BCUT2D eigenvalue weighted by Gasteiger charge is -2.34. The Kier molecular flexibility index (Phi) is 5.06. The van der Waals surface area contributed by atoms with Gasteiger partial charge < -0.3 is 9.84 Å². The molecule has 1 N–H and O–H groups in total. The molecule has 1 aliphatic heterocycles. The summed E-state index contributed by atoms with van der Waals surface area (Å²) in [5.74, 6) is -3.16. The zero-order chi connectivity index (χ0) is 19.0. The normalized spacial score (nSPS) is 23.6. The van der Waals surface area contributed by atoms with Gasteiger partial charge in [0, 0.05) is 18.5 Å². The number of hydrogen-bond donors (Lipinski definition) is 1. The Morgan fingerprint density at radius 1 is 1.36 bits per heavy atom. The molecule has 0 saturated carbocycles. The first-order chi connectivity index (χ1) is 11.5. The summed E-state index contributed by atoms with van der Waals surface area (Å²) < 4.78 is 32.6. The number of amides is 1. The van der Waals surface area contributed by atoms with E-state index < -0.39 is 40.8 Å². The molecule has 0 aromatic heterocycles. The predicted molar refractivity (Wildman–Crippen MR) is 87.3 cm³/mol. The van der Waals surface area contributed by atoms with Gasteiger partial charge in [-0.1, -0.05) is 13.0 Å². The Bertz CT molecular complexity index is 686. The SMILES string of the molecule is CCC1(C(=O)O)CC(c2ccc(F)cc2F)CN1C(=O)OC(C)(C)C. The molecule has 0 bridgehead atoms. The number of hydrogen-bond acceptors (Lipinski definition) is 3. The zero-order valence-corrected chi connectivity index (χ0v) is 14.8. The molecule has 5 nitrogen and oxygen atoms in total. The lowest BCUT2D eigenvalue weighted by Crippen LogP contribution is -2.53. The van der Waals surface area contributed by atoms with Crippen LogP contribution >= 0.6 is 0 Å².